The molecule has 2 aromatic rings. The first kappa shape index (κ1) is 19.7. The molecule has 0 radical (unpaired) electrons. The zero-order valence-electron chi connectivity index (χ0n) is 16.7. The van der Waals surface area contributed by atoms with Crippen LogP contribution in [0.2, 0.25) is 0 Å². The molecule has 0 saturated heterocycles. The largest absolute Gasteiger partial charge is 0.444 e. The van der Waals surface area contributed by atoms with Gasteiger partial charge in [-0.3, -0.25) is 4.79 Å². The van der Waals surface area contributed by atoms with Crippen molar-refractivity contribution in [2.45, 2.75) is 51.8 Å². The minimum Gasteiger partial charge on any atom is -0.444 e. The topological polar surface area (TPSA) is 84.7 Å². The molecule has 0 unspecified atom stereocenters. The Kier molecular flexibility index (Phi) is 5.31. The Bertz CT molecular complexity index is 874. The van der Waals surface area contributed by atoms with E-state index in [2.05, 4.69) is 5.32 Å². The van der Waals surface area contributed by atoms with Crippen molar-refractivity contribution in [3.8, 4) is 0 Å². The molecule has 148 valence electrons. The number of hydrogen-bond acceptors (Lipinski definition) is 4. The first-order valence-electron chi connectivity index (χ1n) is 9.41. The second-order valence-corrected chi connectivity index (χ2v) is 8.09. The predicted octanol–water partition coefficient (Wildman–Crippen LogP) is 3.81. The van der Waals surface area contributed by atoms with Crippen molar-refractivity contribution in [1.82, 2.24) is 5.32 Å². The molecule has 3 N–H and O–H groups in total. The second kappa shape index (κ2) is 7.54. The van der Waals surface area contributed by atoms with Crippen molar-refractivity contribution in [3.05, 3.63) is 59.7 Å². The van der Waals surface area contributed by atoms with E-state index in [0.717, 1.165) is 16.8 Å². The summed E-state index contributed by atoms with van der Waals surface area (Å²) in [5.74, 6) is -0.180. The maximum Gasteiger partial charge on any atom is 0.408 e. The number of nitrogens with one attached hydrogen (secondary N) is 1. The molecule has 2 atom stereocenters. The Morgan fingerprint density at radius 3 is 2.54 bits per heavy atom. The van der Waals surface area contributed by atoms with Crippen molar-refractivity contribution in [2.75, 3.05) is 10.6 Å². The fourth-order valence-electron chi connectivity index (χ4n) is 3.41. The molecule has 28 heavy (non-hydrogen) atoms. The van der Waals surface area contributed by atoms with Crippen LogP contribution in [0.1, 0.15) is 44.9 Å². The van der Waals surface area contributed by atoms with Gasteiger partial charge in [0, 0.05) is 17.8 Å². The van der Waals surface area contributed by atoms with E-state index >= 15 is 0 Å². The van der Waals surface area contributed by atoms with Gasteiger partial charge in [-0.05, 0) is 51.0 Å². The van der Waals surface area contributed by atoms with E-state index in [0.29, 0.717) is 12.1 Å². The average molecular weight is 381 g/mol. The predicted molar refractivity (Wildman–Crippen MR) is 110 cm³/mol. The zero-order chi connectivity index (χ0) is 20.5. The number of nitrogen functional groups attached to an aromatic ring is 1. The number of benzene rings is 2. The lowest BCUT2D eigenvalue weighted by Crippen LogP contribution is -2.54. The lowest BCUT2D eigenvalue weighted by molar-refractivity contribution is -0.121. The number of nitrogens with zero attached hydrogens (tertiary/aromatic N) is 1. The van der Waals surface area contributed by atoms with Gasteiger partial charge in [-0.25, -0.2) is 4.79 Å². The summed E-state index contributed by atoms with van der Waals surface area (Å²) in [7, 11) is 0. The van der Waals surface area contributed by atoms with Gasteiger partial charge in [-0.15, -0.1) is 0 Å². The number of amides is 2. The first-order valence-corrected chi connectivity index (χ1v) is 9.41. The van der Waals surface area contributed by atoms with Crippen LogP contribution in [0.5, 0.6) is 0 Å². The highest BCUT2D eigenvalue weighted by Crippen LogP contribution is 2.36. The van der Waals surface area contributed by atoms with Gasteiger partial charge >= 0.3 is 6.09 Å². The van der Waals surface area contributed by atoms with Crippen LogP contribution in [0, 0.1) is 0 Å². The number of nitrogens with two attached hydrogens (primary N) is 1. The molecule has 2 aromatic carbocycles. The number of carbonyl (C=O) groups excluding carboxylic acids is 2. The molecule has 3 rings (SSSR count). The van der Waals surface area contributed by atoms with Crippen LogP contribution in [0.15, 0.2) is 48.5 Å². The normalized spacial score (nSPS) is 17.6. The second-order valence-electron chi connectivity index (χ2n) is 8.09. The number of hydrogen-bond donors (Lipinski definition) is 2. The lowest BCUT2D eigenvalue weighted by Gasteiger charge is -2.38. The summed E-state index contributed by atoms with van der Waals surface area (Å²) < 4.78 is 5.34. The minimum absolute atomic E-state index is 0.180. The van der Waals surface area contributed by atoms with Crippen LogP contribution in [-0.2, 0) is 16.0 Å². The van der Waals surface area contributed by atoms with Gasteiger partial charge in [0.15, 0.2) is 0 Å². The molecule has 0 spiro atoms. The third kappa shape index (κ3) is 4.27. The van der Waals surface area contributed by atoms with Gasteiger partial charge in [0.25, 0.3) is 5.91 Å². The molecule has 1 aliphatic rings. The lowest BCUT2D eigenvalue weighted by atomic mass is 9.93. The summed E-state index contributed by atoms with van der Waals surface area (Å²) in [6, 6.07) is 14.4. The van der Waals surface area contributed by atoms with E-state index in [1.807, 2.05) is 55.5 Å². The molecule has 1 aliphatic heterocycles. The number of anilines is 2. The third-order valence-corrected chi connectivity index (χ3v) is 4.69. The Morgan fingerprint density at radius 1 is 1.21 bits per heavy atom. The Morgan fingerprint density at radius 2 is 1.89 bits per heavy atom. The number of fused-ring (bicyclic) bond motifs is 1. The summed E-state index contributed by atoms with van der Waals surface area (Å²) in [6.45, 7) is 7.33. The SMILES string of the molecule is C[C@@H](c1ccccc1)N1C(=O)[C@H](NC(=O)OC(C)(C)C)Cc2ccc(N)cc21. The van der Waals surface area contributed by atoms with E-state index in [9.17, 15) is 9.59 Å². The zero-order valence-corrected chi connectivity index (χ0v) is 16.7. The number of alkyl carbamates (subject to hydrolysis) is 1. The molecule has 6 nitrogen and oxygen atoms in total. The van der Waals surface area contributed by atoms with Crippen LogP contribution < -0.4 is 16.0 Å². The third-order valence-electron chi connectivity index (χ3n) is 4.69. The molecule has 0 bridgehead atoms. The Labute approximate surface area is 165 Å². The average Bonchev–Trinajstić information content (AvgIpc) is 2.61. The van der Waals surface area contributed by atoms with Crippen molar-refractivity contribution < 1.29 is 14.3 Å². The van der Waals surface area contributed by atoms with E-state index in [4.69, 9.17) is 10.5 Å². The highest BCUT2D eigenvalue weighted by molar-refractivity contribution is 6.02. The Hall–Kier alpha value is -3.02. The number of carbonyl (C=O) groups is 2. The first-order chi connectivity index (χ1) is 13.2. The van der Waals surface area contributed by atoms with Crippen molar-refractivity contribution in [1.29, 1.82) is 0 Å². The van der Waals surface area contributed by atoms with E-state index in [-0.39, 0.29) is 11.9 Å². The van der Waals surface area contributed by atoms with Crippen LogP contribution >= 0.6 is 0 Å². The maximum absolute atomic E-state index is 13.3. The molecule has 2 amide bonds. The standard InChI is InChI=1S/C22H27N3O3/c1-14(15-8-6-5-7-9-15)25-19-13-17(23)11-10-16(19)12-18(20(25)26)24-21(27)28-22(2,3)4/h5-11,13-14,18H,12,23H2,1-4H3,(H,24,27)/t14-,18+/m0/s1. The fourth-order valence-corrected chi connectivity index (χ4v) is 3.41. The summed E-state index contributed by atoms with van der Waals surface area (Å²) in [5.41, 5.74) is 8.68. The van der Waals surface area contributed by atoms with Crippen LogP contribution in [0.25, 0.3) is 0 Å². The van der Waals surface area contributed by atoms with Gasteiger partial charge < -0.3 is 20.7 Å². The summed E-state index contributed by atoms with van der Waals surface area (Å²) in [6.07, 6.45) is -0.205. The van der Waals surface area contributed by atoms with Gasteiger partial charge in [-0.2, -0.15) is 0 Å². The van der Waals surface area contributed by atoms with Crippen molar-refractivity contribution in [3.63, 3.8) is 0 Å². The summed E-state index contributed by atoms with van der Waals surface area (Å²) in [5, 5.41) is 2.73. The van der Waals surface area contributed by atoms with Gasteiger partial charge in [0.05, 0.1) is 6.04 Å². The Balaban J connectivity index is 1.94. The monoisotopic (exact) mass is 381 g/mol. The van der Waals surface area contributed by atoms with Crippen molar-refractivity contribution in [2.24, 2.45) is 0 Å². The molecule has 0 fully saturated rings. The van der Waals surface area contributed by atoms with Crippen LogP contribution in [0.3, 0.4) is 0 Å². The molecule has 0 aromatic heterocycles. The van der Waals surface area contributed by atoms with Crippen LogP contribution in [0.4, 0.5) is 16.2 Å². The fraction of sp³-hybridized carbons (Fsp3) is 0.364. The quantitative estimate of drug-likeness (QED) is 0.792. The maximum atomic E-state index is 13.3. The molecular formula is C22H27N3O3. The molecule has 0 saturated carbocycles. The van der Waals surface area contributed by atoms with E-state index in [1.165, 1.54) is 0 Å². The summed E-state index contributed by atoms with van der Waals surface area (Å²) in [4.78, 5) is 27.3. The molecular weight excluding hydrogens is 354 g/mol. The molecule has 0 aliphatic carbocycles. The van der Waals surface area contributed by atoms with E-state index < -0.39 is 17.7 Å². The van der Waals surface area contributed by atoms with Crippen molar-refractivity contribution >= 4 is 23.4 Å². The van der Waals surface area contributed by atoms with E-state index in [1.54, 1.807) is 25.7 Å². The number of rotatable bonds is 3. The van der Waals surface area contributed by atoms with Gasteiger partial charge in [0.1, 0.15) is 11.6 Å². The van der Waals surface area contributed by atoms with Gasteiger partial charge in [0.2, 0.25) is 0 Å². The summed E-state index contributed by atoms with van der Waals surface area (Å²) >= 11 is 0. The highest BCUT2D eigenvalue weighted by Gasteiger charge is 2.37. The smallest absolute Gasteiger partial charge is 0.408 e. The number of ether oxygens (including phenoxy) is 1. The molecule has 1 heterocycles. The minimum atomic E-state index is -0.697. The van der Waals surface area contributed by atoms with Crippen LogP contribution in [-0.4, -0.2) is 23.6 Å². The van der Waals surface area contributed by atoms with Gasteiger partial charge in [-0.1, -0.05) is 36.4 Å². The highest BCUT2D eigenvalue weighted by atomic mass is 16.6. The molecule has 6 heteroatoms.